The molecule has 0 amide bonds. The predicted octanol–water partition coefficient (Wildman–Crippen LogP) is 10.6. The van der Waals surface area contributed by atoms with E-state index in [0.717, 1.165) is 19.6 Å². The van der Waals surface area contributed by atoms with Gasteiger partial charge in [-0.05, 0) is 12.8 Å². The van der Waals surface area contributed by atoms with Crippen LogP contribution >= 0.6 is 9.47 Å². The maximum absolute atomic E-state index is 6.02. The molecule has 0 aromatic rings. The molecule has 0 aromatic heterocycles. The molecule has 0 aliphatic rings. The van der Waals surface area contributed by atoms with Crippen molar-refractivity contribution in [3.63, 3.8) is 0 Å². The summed E-state index contributed by atoms with van der Waals surface area (Å²) >= 11 is 0. The fraction of sp³-hybridized carbons (Fsp3) is 1.00. The molecule has 0 aliphatic carbocycles. The minimum atomic E-state index is 0.0672. The Kier molecular flexibility index (Phi) is 32.6. The highest BCUT2D eigenvalue weighted by Crippen LogP contribution is 2.13. The van der Waals surface area contributed by atoms with Gasteiger partial charge in [0.05, 0.1) is 13.2 Å². The summed E-state index contributed by atoms with van der Waals surface area (Å²) in [5.74, 6) is 0. The van der Waals surface area contributed by atoms with Gasteiger partial charge in [0, 0.05) is 22.7 Å². The Morgan fingerprint density at radius 3 is 1.14 bits per heavy atom. The van der Waals surface area contributed by atoms with E-state index in [1.54, 1.807) is 0 Å². The molecule has 0 spiro atoms. The van der Waals surface area contributed by atoms with E-state index in [0.29, 0.717) is 13.2 Å². The van der Waals surface area contributed by atoms with E-state index in [9.17, 15) is 0 Å². The molecule has 2 unspecified atom stereocenters. The summed E-state index contributed by atoms with van der Waals surface area (Å²) in [4.78, 5) is 0. The number of hydrogen-bond acceptors (Lipinski definition) is 3. The van der Waals surface area contributed by atoms with Crippen LogP contribution in [0.25, 0.3) is 0 Å². The van der Waals surface area contributed by atoms with Crippen molar-refractivity contribution in [1.82, 2.24) is 0 Å². The van der Waals surface area contributed by atoms with Crippen LogP contribution in [0.5, 0.6) is 0 Å². The Balaban J connectivity index is 3.37. The van der Waals surface area contributed by atoms with E-state index in [1.165, 1.54) is 148 Å². The van der Waals surface area contributed by atoms with Crippen molar-refractivity contribution in [2.75, 3.05) is 26.4 Å². The molecule has 212 valence electrons. The maximum atomic E-state index is 6.02. The van der Waals surface area contributed by atoms with Gasteiger partial charge in [0.2, 0.25) is 0 Å². The molecule has 0 radical (unpaired) electrons. The van der Waals surface area contributed by atoms with Gasteiger partial charge >= 0.3 is 0 Å². The van der Waals surface area contributed by atoms with Crippen molar-refractivity contribution in [3.05, 3.63) is 0 Å². The molecule has 4 heteroatoms. The van der Waals surface area contributed by atoms with Gasteiger partial charge in [0.15, 0.2) is 0 Å². The number of rotatable bonds is 31. The second-order valence-electron chi connectivity index (χ2n) is 10.7. The van der Waals surface area contributed by atoms with Crippen LogP contribution in [0.3, 0.4) is 0 Å². The third-order valence-electron chi connectivity index (χ3n) is 7.08. The van der Waals surface area contributed by atoms with Crippen LogP contribution < -0.4 is 0 Å². The van der Waals surface area contributed by atoms with Crippen molar-refractivity contribution >= 4 is 9.47 Å². The highest BCUT2D eigenvalue weighted by Gasteiger charge is 2.09. The van der Waals surface area contributed by atoms with Crippen molar-refractivity contribution < 1.29 is 14.0 Å². The molecule has 0 aliphatic heterocycles. The average molecular weight is 517 g/mol. The zero-order valence-corrected chi connectivity index (χ0v) is 25.3. The minimum absolute atomic E-state index is 0.0672. The van der Waals surface area contributed by atoms with E-state index in [4.69, 9.17) is 14.0 Å². The second-order valence-corrected chi connectivity index (χ2v) is 11.0. The first-order valence-corrected chi connectivity index (χ1v) is 16.3. The monoisotopic (exact) mass is 516 g/mol. The van der Waals surface area contributed by atoms with E-state index < -0.39 is 0 Å². The lowest BCUT2D eigenvalue weighted by Gasteiger charge is -2.17. The lowest BCUT2D eigenvalue weighted by Crippen LogP contribution is -2.25. The SMILES string of the molecule is CCCCCCCCCCCCCCOCC(COP)OCCCCCCCCCCCCCC. The number of unbranched alkanes of at least 4 members (excludes halogenated alkanes) is 22. The molecule has 0 saturated carbocycles. The van der Waals surface area contributed by atoms with Gasteiger partial charge in [0.25, 0.3) is 0 Å². The van der Waals surface area contributed by atoms with Gasteiger partial charge in [-0.1, -0.05) is 155 Å². The van der Waals surface area contributed by atoms with Crippen LogP contribution in [0.2, 0.25) is 0 Å². The van der Waals surface area contributed by atoms with Crippen molar-refractivity contribution in [2.24, 2.45) is 0 Å². The molecule has 0 fully saturated rings. The second kappa shape index (κ2) is 32.3. The standard InChI is InChI=1S/C31H65O3P/c1-3-5-7-9-11-13-15-17-19-21-23-25-27-32-29-31(30-34-35)33-28-26-24-22-20-18-16-14-12-10-8-6-4-2/h31H,3-30,35H2,1-2H3. The van der Waals surface area contributed by atoms with E-state index >= 15 is 0 Å². The summed E-state index contributed by atoms with van der Waals surface area (Å²) in [7, 11) is 2.34. The first-order valence-electron chi connectivity index (χ1n) is 15.9. The molecule has 35 heavy (non-hydrogen) atoms. The van der Waals surface area contributed by atoms with Gasteiger partial charge in [-0.3, -0.25) is 0 Å². The quantitative estimate of drug-likeness (QED) is 0.0677. The molecule has 2 atom stereocenters. The zero-order chi connectivity index (χ0) is 25.5. The average Bonchev–Trinajstić information content (AvgIpc) is 2.87. The summed E-state index contributed by atoms with van der Waals surface area (Å²) in [5.41, 5.74) is 0. The van der Waals surface area contributed by atoms with Crippen LogP contribution in [0.1, 0.15) is 168 Å². The Bertz CT molecular complexity index is 367. The maximum Gasteiger partial charge on any atom is 0.104 e. The predicted molar refractivity (Wildman–Crippen MR) is 158 cm³/mol. The summed E-state index contributed by atoms with van der Waals surface area (Å²) in [6.07, 6.45) is 33.1. The van der Waals surface area contributed by atoms with Gasteiger partial charge in [-0.15, -0.1) is 0 Å². The highest BCUT2D eigenvalue weighted by atomic mass is 31.0. The molecule has 0 heterocycles. The minimum Gasteiger partial charge on any atom is -0.379 e. The van der Waals surface area contributed by atoms with Crippen LogP contribution in [-0.2, 0) is 14.0 Å². The van der Waals surface area contributed by atoms with Crippen LogP contribution in [-0.4, -0.2) is 32.5 Å². The number of hydrogen-bond donors (Lipinski definition) is 0. The summed E-state index contributed by atoms with van der Waals surface area (Å²) in [5, 5.41) is 0. The van der Waals surface area contributed by atoms with Crippen molar-refractivity contribution in [3.8, 4) is 0 Å². The normalized spacial score (nSPS) is 12.4. The largest absolute Gasteiger partial charge is 0.379 e. The molecule has 0 rings (SSSR count). The molecular weight excluding hydrogens is 451 g/mol. The molecule has 3 nitrogen and oxygen atoms in total. The summed E-state index contributed by atoms with van der Waals surface area (Å²) in [6.45, 7) is 7.52. The summed E-state index contributed by atoms with van der Waals surface area (Å²) < 4.78 is 17.2. The lowest BCUT2D eigenvalue weighted by atomic mass is 10.1. The first-order chi connectivity index (χ1) is 17.3. The van der Waals surface area contributed by atoms with E-state index in [2.05, 4.69) is 23.3 Å². The smallest absolute Gasteiger partial charge is 0.104 e. The van der Waals surface area contributed by atoms with Crippen LogP contribution in [0.4, 0.5) is 0 Å². The third-order valence-corrected chi connectivity index (χ3v) is 7.27. The van der Waals surface area contributed by atoms with Crippen molar-refractivity contribution in [2.45, 2.75) is 174 Å². The fourth-order valence-corrected chi connectivity index (χ4v) is 4.92. The Morgan fingerprint density at radius 1 is 0.429 bits per heavy atom. The Labute approximate surface area is 223 Å². The highest BCUT2D eigenvalue weighted by molar-refractivity contribution is 7.09. The van der Waals surface area contributed by atoms with Gasteiger partial charge in [-0.25, -0.2) is 0 Å². The van der Waals surface area contributed by atoms with Crippen LogP contribution in [0, 0.1) is 0 Å². The topological polar surface area (TPSA) is 27.7 Å². The molecule has 0 N–H and O–H groups in total. The summed E-state index contributed by atoms with van der Waals surface area (Å²) in [6, 6.07) is 0. The van der Waals surface area contributed by atoms with Crippen molar-refractivity contribution in [1.29, 1.82) is 0 Å². The molecule has 0 saturated heterocycles. The number of ether oxygens (including phenoxy) is 2. The van der Waals surface area contributed by atoms with E-state index in [1.807, 2.05) is 0 Å². The Morgan fingerprint density at radius 2 is 0.771 bits per heavy atom. The fourth-order valence-electron chi connectivity index (χ4n) is 4.70. The lowest BCUT2D eigenvalue weighted by molar-refractivity contribution is -0.0362. The third kappa shape index (κ3) is 30.4. The molecule has 0 aromatic carbocycles. The Hall–Kier alpha value is 0.310. The van der Waals surface area contributed by atoms with Gasteiger partial charge in [-0.2, -0.15) is 0 Å². The van der Waals surface area contributed by atoms with Crippen LogP contribution in [0.15, 0.2) is 0 Å². The van der Waals surface area contributed by atoms with E-state index in [-0.39, 0.29) is 6.10 Å². The zero-order valence-electron chi connectivity index (χ0n) is 24.2. The first kappa shape index (κ1) is 35.3. The van der Waals surface area contributed by atoms with Gasteiger partial charge in [0.1, 0.15) is 6.10 Å². The van der Waals surface area contributed by atoms with Gasteiger partial charge < -0.3 is 14.0 Å². The molecular formula is C31H65O3P. The molecule has 0 bridgehead atoms.